The molecule has 0 aromatic carbocycles. The lowest BCUT2D eigenvalue weighted by Gasteiger charge is -2.62. The van der Waals surface area contributed by atoms with Crippen LogP contribution in [0, 0.1) is 52.3 Å². The predicted molar refractivity (Wildman–Crippen MR) is 140 cm³/mol. The van der Waals surface area contributed by atoms with Gasteiger partial charge in [-0.1, -0.05) is 53.9 Å². The Morgan fingerprint density at radius 1 is 0.800 bits per heavy atom. The summed E-state index contributed by atoms with van der Waals surface area (Å²) in [7, 11) is 0. The maximum absolute atomic E-state index is 12.2. The molecule has 4 heteroatoms. The van der Waals surface area contributed by atoms with E-state index in [-0.39, 0.29) is 29.6 Å². The Hall–Kier alpha value is -1.06. The van der Waals surface area contributed by atoms with Crippen LogP contribution in [0.4, 0.5) is 0 Å². The molecule has 0 heterocycles. The number of rotatable bonds is 7. The molecule has 0 unspecified atom stereocenters. The van der Waals surface area contributed by atoms with Crippen LogP contribution in [-0.2, 0) is 19.1 Å². The zero-order valence-corrected chi connectivity index (χ0v) is 23.6. The number of hydrogen-bond donors (Lipinski definition) is 0. The van der Waals surface area contributed by atoms with E-state index in [1.54, 1.807) is 6.92 Å². The quantitative estimate of drug-likeness (QED) is 0.347. The van der Waals surface area contributed by atoms with E-state index in [4.69, 9.17) is 9.47 Å². The van der Waals surface area contributed by atoms with E-state index in [2.05, 4.69) is 34.6 Å². The van der Waals surface area contributed by atoms with Gasteiger partial charge in [0.2, 0.25) is 0 Å². The van der Waals surface area contributed by atoms with E-state index < -0.39 is 0 Å². The minimum Gasteiger partial charge on any atom is -0.463 e. The van der Waals surface area contributed by atoms with Gasteiger partial charge in [-0.05, 0) is 97.7 Å². The van der Waals surface area contributed by atoms with Gasteiger partial charge in [0.15, 0.2) is 0 Å². The van der Waals surface area contributed by atoms with Crippen molar-refractivity contribution in [1.82, 2.24) is 0 Å². The van der Waals surface area contributed by atoms with E-state index in [0.29, 0.717) is 23.2 Å². The number of ether oxygens (including phenoxy) is 2. The molecule has 10 atom stereocenters. The highest BCUT2D eigenvalue weighted by atomic mass is 16.5. The highest BCUT2D eigenvalue weighted by Gasteiger charge is 2.63. The summed E-state index contributed by atoms with van der Waals surface area (Å²) in [4.78, 5) is 23.9. The summed E-state index contributed by atoms with van der Waals surface area (Å²) in [6, 6.07) is 0. The Morgan fingerprint density at radius 3 is 2.11 bits per heavy atom. The first-order valence-corrected chi connectivity index (χ1v) is 14.8. The fourth-order valence-corrected chi connectivity index (χ4v) is 9.94. The summed E-state index contributed by atoms with van der Waals surface area (Å²) in [6.45, 7) is 15.4. The Morgan fingerprint density at radius 2 is 1.46 bits per heavy atom. The van der Waals surface area contributed by atoms with Gasteiger partial charge in [-0.2, -0.15) is 0 Å². The van der Waals surface area contributed by atoms with Gasteiger partial charge < -0.3 is 9.47 Å². The summed E-state index contributed by atoms with van der Waals surface area (Å²) >= 11 is 0. The van der Waals surface area contributed by atoms with Crippen LogP contribution >= 0.6 is 0 Å². The molecule has 4 aliphatic carbocycles. The number of carbonyl (C=O) groups is 2. The van der Waals surface area contributed by atoms with Crippen molar-refractivity contribution in [3.8, 4) is 0 Å². The molecule has 4 nitrogen and oxygen atoms in total. The topological polar surface area (TPSA) is 52.6 Å². The summed E-state index contributed by atoms with van der Waals surface area (Å²) in [5.74, 6) is 4.48. The zero-order valence-electron chi connectivity index (χ0n) is 23.6. The molecule has 35 heavy (non-hydrogen) atoms. The standard InChI is InChI=1S/C31H52O4/c1-19(2)9-8-10-20(3)25-11-12-26-24-18-29(35-22(5)33)28-17-23(34-21(4)32)13-15-31(28,7)27(24)14-16-30(25,26)6/h19-20,23-29H,8-18H2,1-7H3/t20-,23-,24-,25-,26-,27-,28-,29-,30+,31-/m1/s1. The molecular weight excluding hydrogens is 436 g/mol. The number of carbonyl (C=O) groups excluding carboxylic acids is 2. The van der Waals surface area contributed by atoms with Gasteiger partial charge in [0.25, 0.3) is 0 Å². The van der Waals surface area contributed by atoms with Crippen molar-refractivity contribution in [3.05, 3.63) is 0 Å². The summed E-state index contributed by atoms with van der Waals surface area (Å²) in [5.41, 5.74) is 0.597. The normalized spacial score (nSPS) is 43.6. The fourth-order valence-electron chi connectivity index (χ4n) is 9.94. The first kappa shape index (κ1) is 27.0. The number of esters is 2. The maximum atomic E-state index is 12.2. The SMILES string of the molecule is CC(=O)O[C@@H]1CC[C@]2(C)[C@@H]3CC[C@]4(C)[C@H](CC[C@@H]4[C@H](C)CCCC(C)C)[C@H]3C[C@@H](OC(C)=O)[C@H]2C1. The average molecular weight is 489 g/mol. The summed E-state index contributed by atoms with van der Waals surface area (Å²) < 4.78 is 11.7. The molecule has 4 fully saturated rings. The molecule has 4 aliphatic rings. The Kier molecular flexibility index (Phi) is 7.99. The summed E-state index contributed by atoms with van der Waals surface area (Å²) in [5, 5.41) is 0. The average Bonchev–Trinajstić information content (AvgIpc) is 3.11. The van der Waals surface area contributed by atoms with Crippen LogP contribution in [0.3, 0.4) is 0 Å². The van der Waals surface area contributed by atoms with Gasteiger partial charge in [0.05, 0.1) is 0 Å². The third kappa shape index (κ3) is 5.19. The summed E-state index contributed by atoms with van der Waals surface area (Å²) in [6.07, 6.45) is 13.3. The molecule has 4 saturated carbocycles. The van der Waals surface area contributed by atoms with Gasteiger partial charge in [0.1, 0.15) is 12.2 Å². The van der Waals surface area contributed by atoms with Crippen molar-refractivity contribution >= 4 is 11.9 Å². The largest absolute Gasteiger partial charge is 0.463 e. The van der Waals surface area contributed by atoms with E-state index in [0.717, 1.165) is 49.4 Å². The third-order valence-electron chi connectivity index (χ3n) is 11.5. The maximum Gasteiger partial charge on any atom is 0.302 e. The molecule has 0 aromatic heterocycles. The Balaban J connectivity index is 1.54. The van der Waals surface area contributed by atoms with E-state index in [9.17, 15) is 9.59 Å². The molecule has 0 saturated heterocycles. The Labute approximate surface area is 214 Å². The van der Waals surface area contributed by atoms with Crippen molar-refractivity contribution in [2.75, 3.05) is 0 Å². The molecule has 0 aliphatic heterocycles. The second kappa shape index (κ2) is 10.4. The molecular formula is C31H52O4. The fraction of sp³-hybridized carbons (Fsp3) is 0.935. The minimum atomic E-state index is -0.190. The third-order valence-corrected chi connectivity index (χ3v) is 11.5. The highest BCUT2D eigenvalue weighted by molar-refractivity contribution is 5.66. The van der Waals surface area contributed by atoms with Crippen molar-refractivity contribution in [2.45, 2.75) is 131 Å². The van der Waals surface area contributed by atoms with Gasteiger partial charge in [0, 0.05) is 19.8 Å². The predicted octanol–water partition coefficient (Wildman–Crippen LogP) is 7.58. The van der Waals surface area contributed by atoms with Crippen LogP contribution in [0.1, 0.15) is 119 Å². The molecule has 0 radical (unpaired) electrons. The van der Waals surface area contributed by atoms with Gasteiger partial charge in [-0.25, -0.2) is 0 Å². The van der Waals surface area contributed by atoms with E-state index >= 15 is 0 Å². The van der Waals surface area contributed by atoms with E-state index in [1.807, 2.05) is 0 Å². The molecule has 0 N–H and O–H groups in total. The molecule has 4 rings (SSSR count). The highest BCUT2D eigenvalue weighted by Crippen LogP contribution is 2.68. The van der Waals surface area contributed by atoms with Crippen LogP contribution in [0.15, 0.2) is 0 Å². The van der Waals surface area contributed by atoms with Crippen LogP contribution in [-0.4, -0.2) is 24.1 Å². The molecule has 0 amide bonds. The van der Waals surface area contributed by atoms with Gasteiger partial charge >= 0.3 is 11.9 Å². The minimum absolute atomic E-state index is 0.0309. The van der Waals surface area contributed by atoms with Crippen molar-refractivity contribution in [3.63, 3.8) is 0 Å². The lowest BCUT2D eigenvalue weighted by molar-refractivity contribution is -0.197. The van der Waals surface area contributed by atoms with Crippen molar-refractivity contribution < 1.29 is 19.1 Å². The molecule has 200 valence electrons. The molecule has 0 bridgehead atoms. The van der Waals surface area contributed by atoms with Crippen LogP contribution in [0.25, 0.3) is 0 Å². The van der Waals surface area contributed by atoms with E-state index in [1.165, 1.54) is 51.9 Å². The van der Waals surface area contributed by atoms with Gasteiger partial charge in [-0.3, -0.25) is 9.59 Å². The van der Waals surface area contributed by atoms with Crippen LogP contribution < -0.4 is 0 Å². The number of fused-ring (bicyclic) bond motifs is 5. The first-order chi connectivity index (χ1) is 16.5. The Bertz CT molecular complexity index is 776. The smallest absolute Gasteiger partial charge is 0.302 e. The monoisotopic (exact) mass is 488 g/mol. The number of hydrogen-bond acceptors (Lipinski definition) is 4. The zero-order chi connectivity index (χ0) is 25.5. The van der Waals surface area contributed by atoms with Crippen molar-refractivity contribution in [2.24, 2.45) is 52.3 Å². The molecule has 0 aromatic rings. The lowest BCUT2D eigenvalue weighted by atomic mass is 9.43. The second-order valence-corrected chi connectivity index (χ2v) is 13.9. The van der Waals surface area contributed by atoms with Crippen molar-refractivity contribution in [1.29, 1.82) is 0 Å². The van der Waals surface area contributed by atoms with Gasteiger partial charge in [-0.15, -0.1) is 0 Å². The van der Waals surface area contributed by atoms with Crippen LogP contribution in [0.2, 0.25) is 0 Å². The first-order valence-electron chi connectivity index (χ1n) is 14.8. The lowest BCUT2D eigenvalue weighted by Crippen LogP contribution is -2.59. The van der Waals surface area contributed by atoms with Crippen LogP contribution in [0.5, 0.6) is 0 Å². The molecule has 0 spiro atoms. The second-order valence-electron chi connectivity index (χ2n) is 13.9.